The van der Waals surface area contributed by atoms with Crippen LogP contribution in [0, 0.1) is 12.7 Å². The lowest BCUT2D eigenvalue weighted by atomic mass is 9.92. The van der Waals surface area contributed by atoms with Crippen molar-refractivity contribution in [3.8, 4) is 0 Å². The lowest BCUT2D eigenvalue weighted by Crippen LogP contribution is -2.25. The Bertz CT molecular complexity index is 1210. The average Bonchev–Trinajstić information content (AvgIpc) is 3.22. The maximum absolute atomic E-state index is 13.1. The van der Waals surface area contributed by atoms with Crippen molar-refractivity contribution in [3.63, 3.8) is 0 Å². The highest BCUT2D eigenvalue weighted by molar-refractivity contribution is 5.77. The van der Waals surface area contributed by atoms with E-state index in [0.29, 0.717) is 6.54 Å². The van der Waals surface area contributed by atoms with E-state index in [1.54, 1.807) is 12.1 Å². The van der Waals surface area contributed by atoms with Crippen molar-refractivity contribution in [1.29, 1.82) is 0 Å². The topological polar surface area (TPSA) is 49.6 Å². The first-order valence-corrected chi connectivity index (χ1v) is 10.6. The van der Waals surface area contributed by atoms with Gasteiger partial charge < -0.3 is 14.6 Å². The van der Waals surface area contributed by atoms with Crippen molar-refractivity contribution in [3.05, 3.63) is 101 Å². The number of rotatable bonds is 7. The van der Waals surface area contributed by atoms with Gasteiger partial charge in [0, 0.05) is 51.1 Å². The second kappa shape index (κ2) is 9.22. The fraction of sp³-hybridized carbons (Fsp3) is 0.231. The third-order valence-electron chi connectivity index (χ3n) is 5.72. The third-order valence-corrected chi connectivity index (χ3v) is 5.72. The summed E-state index contributed by atoms with van der Waals surface area (Å²) in [5, 5.41) is 2.97. The van der Waals surface area contributed by atoms with Gasteiger partial charge in [0.25, 0.3) is 0 Å². The number of anilines is 1. The van der Waals surface area contributed by atoms with Crippen LogP contribution in [-0.4, -0.2) is 29.4 Å². The van der Waals surface area contributed by atoms with Gasteiger partial charge in [0.2, 0.25) is 5.91 Å². The van der Waals surface area contributed by atoms with E-state index in [1.807, 2.05) is 50.4 Å². The number of hydrogen-bond donors (Lipinski definition) is 1. The summed E-state index contributed by atoms with van der Waals surface area (Å²) in [6.07, 6.45) is 4.13. The number of benzene rings is 2. The minimum Gasteiger partial charge on any atom is -0.378 e. The van der Waals surface area contributed by atoms with Gasteiger partial charge in [-0.15, -0.1) is 0 Å². The molecule has 1 atom stereocenters. The van der Waals surface area contributed by atoms with Crippen LogP contribution in [0.25, 0.3) is 5.65 Å². The number of imidazole rings is 1. The van der Waals surface area contributed by atoms with Gasteiger partial charge in [-0.2, -0.15) is 0 Å². The molecule has 0 saturated carbocycles. The predicted octanol–water partition coefficient (Wildman–Crippen LogP) is 4.69. The number of fused-ring (bicyclic) bond motifs is 1. The van der Waals surface area contributed by atoms with Crippen molar-refractivity contribution in [2.24, 2.45) is 0 Å². The molecular weight excluding hydrogens is 403 g/mol. The Morgan fingerprint density at radius 3 is 2.50 bits per heavy atom. The molecule has 4 aromatic rings. The Labute approximate surface area is 187 Å². The molecule has 0 bridgehead atoms. The zero-order valence-corrected chi connectivity index (χ0v) is 18.5. The lowest BCUT2D eigenvalue weighted by molar-refractivity contribution is -0.121. The van der Waals surface area contributed by atoms with E-state index in [-0.39, 0.29) is 24.1 Å². The Balaban J connectivity index is 1.61. The average molecular weight is 431 g/mol. The summed E-state index contributed by atoms with van der Waals surface area (Å²) < 4.78 is 15.2. The summed E-state index contributed by atoms with van der Waals surface area (Å²) in [4.78, 5) is 19.6. The first-order chi connectivity index (χ1) is 15.4. The van der Waals surface area contributed by atoms with Crippen LogP contribution in [-0.2, 0) is 11.3 Å². The van der Waals surface area contributed by atoms with E-state index in [2.05, 4.69) is 39.0 Å². The van der Waals surface area contributed by atoms with Gasteiger partial charge >= 0.3 is 0 Å². The van der Waals surface area contributed by atoms with Gasteiger partial charge in [0.05, 0.1) is 5.69 Å². The molecule has 1 N–H and O–H groups in total. The van der Waals surface area contributed by atoms with Crippen molar-refractivity contribution in [2.45, 2.75) is 25.8 Å². The SMILES string of the molecule is Cc1cccn2c(C(CC(=O)NCc3ccc(F)cc3)c3ccc(N(C)C)cc3)cnc12. The molecule has 2 aromatic carbocycles. The Morgan fingerprint density at radius 2 is 1.81 bits per heavy atom. The Morgan fingerprint density at radius 1 is 1.09 bits per heavy atom. The summed E-state index contributed by atoms with van der Waals surface area (Å²) in [7, 11) is 4.01. The molecule has 6 heteroatoms. The highest BCUT2D eigenvalue weighted by Crippen LogP contribution is 2.30. The van der Waals surface area contributed by atoms with Crippen molar-refractivity contribution >= 4 is 17.2 Å². The quantitative estimate of drug-likeness (QED) is 0.463. The maximum atomic E-state index is 13.1. The zero-order chi connectivity index (χ0) is 22.7. The van der Waals surface area contributed by atoms with Crippen molar-refractivity contribution in [2.75, 3.05) is 19.0 Å². The van der Waals surface area contributed by atoms with Crippen LogP contribution in [0.1, 0.15) is 34.7 Å². The number of nitrogens with one attached hydrogen (secondary N) is 1. The monoisotopic (exact) mass is 430 g/mol. The first kappa shape index (κ1) is 21.6. The maximum Gasteiger partial charge on any atom is 0.221 e. The van der Waals surface area contributed by atoms with Gasteiger partial charge in [0.1, 0.15) is 11.5 Å². The second-order valence-electron chi connectivity index (χ2n) is 8.21. The van der Waals surface area contributed by atoms with Crippen LogP contribution in [0.3, 0.4) is 0 Å². The molecule has 0 aliphatic rings. The van der Waals surface area contributed by atoms with Gasteiger partial charge in [-0.1, -0.05) is 30.3 Å². The van der Waals surface area contributed by atoms with Crippen LogP contribution in [0.5, 0.6) is 0 Å². The summed E-state index contributed by atoms with van der Waals surface area (Å²) in [5.41, 5.74) is 5.96. The molecule has 0 aliphatic carbocycles. The molecule has 0 aliphatic heterocycles. The Kier molecular flexibility index (Phi) is 6.21. The molecule has 5 nitrogen and oxygen atoms in total. The summed E-state index contributed by atoms with van der Waals surface area (Å²) in [6.45, 7) is 2.39. The molecule has 0 radical (unpaired) electrons. The molecule has 0 fully saturated rings. The van der Waals surface area contributed by atoms with E-state index >= 15 is 0 Å². The van der Waals surface area contributed by atoms with E-state index in [9.17, 15) is 9.18 Å². The fourth-order valence-corrected chi connectivity index (χ4v) is 3.89. The first-order valence-electron chi connectivity index (χ1n) is 10.6. The fourth-order valence-electron chi connectivity index (χ4n) is 3.89. The molecule has 164 valence electrons. The smallest absolute Gasteiger partial charge is 0.221 e. The number of nitrogens with zero attached hydrogens (tertiary/aromatic N) is 3. The number of carbonyl (C=O) groups is 1. The molecule has 2 aromatic heterocycles. The number of aromatic nitrogens is 2. The van der Waals surface area contributed by atoms with Gasteiger partial charge in [-0.05, 0) is 53.9 Å². The van der Waals surface area contributed by atoms with Crippen LogP contribution in [0.2, 0.25) is 0 Å². The molecule has 32 heavy (non-hydrogen) atoms. The zero-order valence-electron chi connectivity index (χ0n) is 18.5. The molecule has 1 unspecified atom stereocenters. The molecule has 2 heterocycles. The predicted molar refractivity (Wildman–Crippen MR) is 125 cm³/mol. The van der Waals surface area contributed by atoms with E-state index < -0.39 is 0 Å². The van der Waals surface area contributed by atoms with Crippen molar-refractivity contribution < 1.29 is 9.18 Å². The van der Waals surface area contributed by atoms with Crippen LogP contribution >= 0.6 is 0 Å². The summed E-state index contributed by atoms with van der Waals surface area (Å²) in [5.74, 6) is -0.515. The summed E-state index contributed by atoms with van der Waals surface area (Å²) in [6, 6.07) is 18.5. The minimum absolute atomic E-state index is 0.0707. The third kappa shape index (κ3) is 4.64. The van der Waals surface area contributed by atoms with E-state index in [4.69, 9.17) is 0 Å². The highest BCUT2D eigenvalue weighted by Gasteiger charge is 2.22. The number of hydrogen-bond acceptors (Lipinski definition) is 3. The van der Waals surface area contributed by atoms with Crippen LogP contribution < -0.4 is 10.2 Å². The Hall–Kier alpha value is -3.67. The largest absolute Gasteiger partial charge is 0.378 e. The summed E-state index contributed by atoms with van der Waals surface area (Å²) >= 11 is 0. The number of amides is 1. The molecule has 4 rings (SSSR count). The number of pyridine rings is 1. The number of carbonyl (C=O) groups excluding carboxylic acids is 1. The highest BCUT2D eigenvalue weighted by atomic mass is 19.1. The van der Waals surface area contributed by atoms with Crippen LogP contribution in [0.15, 0.2) is 73.1 Å². The lowest BCUT2D eigenvalue weighted by Gasteiger charge is -2.19. The molecule has 1 amide bonds. The second-order valence-corrected chi connectivity index (χ2v) is 8.21. The van der Waals surface area contributed by atoms with Crippen molar-refractivity contribution in [1.82, 2.24) is 14.7 Å². The number of halogens is 1. The van der Waals surface area contributed by atoms with E-state index in [0.717, 1.165) is 33.7 Å². The van der Waals surface area contributed by atoms with E-state index in [1.165, 1.54) is 12.1 Å². The molecule has 0 saturated heterocycles. The molecular formula is C26H27FN4O. The minimum atomic E-state index is -0.288. The van der Waals surface area contributed by atoms with Gasteiger partial charge in [-0.25, -0.2) is 9.37 Å². The number of aryl methyl sites for hydroxylation is 1. The van der Waals surface area contributed by atoms with Gasteiger partial charge in [0.15, 0.2) is 0 Å². The molecule has 0 spiro atoms. The normalized spacial score (nSPS) is 12.0. The standard InChI is InChI=1S/C26H27FN4O/c1-18-5-4-14-31-24(17-29-26(18)31)23(20-8-12-22(13-9-20)30(2)3)15-25(32)28-16-19-6-10-21(27)11-7-19/h4-14,17,23H,15-16H2,1-3H3,(H,28,32). The van der Waals surface area contributed by atoms with Gasteiger partial charge in [-0.3, -0.25) is 4.79 Å². The van der Waals surface area contributed by atoms with Crippen LogP contribution in [0.4, 0.5) is 10.1 Å².